The van der Waals surface area contributed by atoms with E-state index in [0.717, 1.165) is 16.7 Å². The van der Waals surface area contributed by atoms with E-state index < -0.39 is 0 Å². The van der Waals surface area contributed by atoms with Crippen LogP contribution in [0.5, 0.6) is 0 Å². The molecule has 112 valence electrons. The Morgan fingerprint density at radius 2 is 1.64 bits per heavy atom. The molecule has 22 heavy (non-hydrogen) atoms. The Morgan fingerprint density at radius 3 is 2.27 bits per heavy atom. The fraction of sp³-hybridized carbons (Fsp3) is 0.250. The summed E-state index contributed by atoms with van der Waals surface area (Å²) in [7, 11) is 0. The van der Waals surface area contributed by atoms with Gasteiger partial charge in [-0.1, -0.05) is 44.2 Å². The predicted molar refractivity (Wildman–Crippen MR) is 91.5 cm³/mol. The molecule has 0 fully saturated rings. The van der Waals surface area contributed by atoms with E-state index in [1.165, 1.54) is 5.56 Å². The summed E-state index contributed by atoms with van der Waals surface area (Å²) in [5.41, 5.74) is 4.97. The van der Waals surface area contributed by atoms with Crippen molar-refractivity contribution in [2.75, 3.05) is 0 Å². The minimum Gasteiger partial charge on any atom is -0.456 e. The van der Waals surface area contributed by atoms with Gasteiger partial charge in [-0.3, -0.25) is 4.79 Å². The molecule has 0 aliphatic rings. The van der Waals surface area contributed by atoms with E-state index in [0.29, 0.717) is 22.6 Å². The van der Waals surface area contributed by atoms with Crippen molar-refractivity contribution >= 4 is 11.0 Å². The number of hydrogen-bond donors (Lipinski definition) is 0. The topological polar surface area (TPSA) is 30.2 Å². The van der Waals surface area contributed by atoms with Crippen molar-refractivity contribution in [3.05, 3.63) is 69.4 Å². The van der Waals surface area contributed by atoms with Crippen LogP contribution in [-0.2, 0) is 0 Å². The molecule has 0 spiro atoms. The van der Waals surface area contributed by atoms with Crippen LogP contribution >= 0.6 is 0 Å². The standard InChI is InChI=1S/C20H20O2/c1-12(2)15-5-7-16(8-6-15)19-11-18(21)17-10-13(3)9-14(4)20(17)22-19/h5-12H,1-4H3. The highest BCUT2D eigenvalue weighted by Crippen LogP contribution is 2.26. The fourth-order valence-electron chi connectivity index (χ4n) is 2.78. The lowest BCUT2D eigenvalue weighted by Gasteiger charge is -2.08. The fourth-order valence-corrected chi connectivity index (χ4v) is 2.78. The Kier molecular flexibility index (Phi) is 3.61. The zero-order valence-electron chi connectivity index (χ0n) is 13.4. The maximum Gasteiger partial charge on any atom is 0.193 e. The van der Waals surface area contributed by atoms with Crippen LogP contribution < -0.4 is 5.43 Å². The Labute approximate surface area is 130 Å². The van der Waals surface area contributed by atoms with Gasteiger partial charge in [-0.05, 0) is 42.5 Å². The number of hydrogen-bond acceptors (Lipinski definition) is 2. The molecule has 0 aliphatic heterocycles. The molecule has 2 nitrogen and oxygen atoms in total. The number of benzene rings is 2. The van der Waals surface area contributed by atoms with E-state index in [-0.39, 0.29) is 5.43 Å². The van der Waals surface area contributed by atoms with Crippen molar-refractivity contribution < 1.29 is 4.42 Å². The summed E-state index contributed by atoms with van der Waals surface area (Å²) < 4.78 is 6.01. The second-order valence-electron chi connectivity index (χ2n) is 6.21. The summed E-state index contributed by atoms with van der Waals surface area (Å²) in [6.07, 6.45) is 0. The first-order valence-corrected chi connectivity index (χ1v) is 7.61. The van der Waals surface area contributed by atoms with Gasteiger partial charge >= 0.3 is 0 Å². The van der Waals surface area contributed by atoms with Crippen molar-refractivity contribution in [2.45, 2.75) is 33.6 Å². The molecule has 0 bridgehead atoms. The van der Waals surface area contributed by atoms with E-state index in [1.54, 1.807) is 6.07 Å². The van der Waals surface area contributed by atoms with Gasteiger partial charge in [0.2, 0.25) is 0 Å². The van der Waals surface area contributed by atoms with E-state index in [9.17, 15) is 4.79 Å². The smallest absolute Gasteiger partial charge is 0.193 e. The number of aryl methyl sites for hydroxylation is 2. The Balaban J connectivity index is 2.18. The first kappa shape index (κ1) is 14.6. The molecule has 3 aromatic rings. The van der Waals surface area contributed by atoms with Gasteiger partial charge in [-0.15, -0.1) is 0 Å². The minimum absolute atomic E-state index is 0.0102. The van der Waals surface area contributed by atoms with Gasteiger partial charge in [0.05, 0.1) is 5.39 Å². The number of rotatable bonds is 2. The van der Waals surface area contributed by atoms with Crippen molar-refractivity contribution in [1.82, 2.24) is 0 Å². The lowest BCUT2D eigenvalue weighted by atomic mass is 10.0. The van der Waals surface area contributed by atoms with Crippen molar-refractivity contribution in [1.29, 1.82) is 0 Å². The molecule has 2 aromatic carbocycles. The van der Waals surface area contributed by atoms with Crippen LogP contribution in [0.15, 0.2) is 51.7 Å². The zero-order chi connectivity index (χ0) is 15.9. The maximum absolute atomic E-state index is 12.4. The van der Waals surface area contributed by atoms with Crippen molar-refractivity contribution in [2.24, 2.45) is 0 Å². The van der Waals surface area contributed by atoms with Crippen LogP contribution in [0.4, 0.5) is 0 Å². The molecular weight excluding hydrogens is 272 g/mol. The SMILES string of the molecule is Cc1cc(C)c2oc(-c3ccc(C(C)C)cc3)cc(=O)c2c1. The average molecular weight is 292 g/mol. The third kappa shape index (κ3) is 2.57. The normalized spacial score (nSPS) is 11.3. The first-order chi connectivity index (χ1) is 10.5. The molecule has 1 heterocycles. The molecule has 0 aliphatic carbocycles. The molecule has 0 saturated heterocycles. The Hall–Kier alpha value is -2.35. The second-order valence-corrected chi connectivity index (χ2v) is 6.21. The highest BCUT2D eigenvalue weighted by molar-refractivity contribution is 5.82. The zero-order valence-corrected chi connectivity index (χ0v) is 13.4. The molecule has 3 rings (SSSR count). The average Bonchev–Trinajstić information content (AvgIpc) is 2.48. The van der Waals surface area contributed by atoms with Crippen LogP contribution in [0.25, 0.3) is 22.3 Å². The molecule has 0 N–H and O–H groups in total. The third-order valence-corrected chi connectivity index (χ3v) is 4.02. The van der Waals surface area contributed by atoms with Crippen molar-refractivity contribution in [3.8, 4) is 11.3 Å². The van der Waals surface area contributed by atoms with Gasteiger partial charge in [0, 0.05) is 11.6 Å². The van der Waals surface area contributed by atoms with Crippen LogP contribution in [0.1, 0.15) is 36.5 Å². The van der Waals surface area contributed by atoms with E-state index >= 15 is 0 Å². The molecule has 1 aromatic heterocycles. The predicted octanol–water partition coefficient (Wildman–Crippen LogP) is 5.20. The van der Waals surface area contributed by atoms with E-state index in [4.69, 9.17) is 4.42 Å². The van der Waals surface area contributed by atoms with Crippen LogP contribution in [-0.4, -0.2) is 0 Å². The van der Waals surface area contributed by atoms with Crippen molar-refractivity contribution in [3.63, 3.8) is 0 Å². The summed E-state index contributed by atoms with van der Waals surface area (Å²) in [6, 6.07) is 13.7. The lowest BCUT2D eigenvalue weighted by Crippen LogP contribution is -2.02. The molecule has 0 radical (unpaired) electrons. The third-order valence-electron chi connectivity index (χ3n) is 4.02. The van der Waals surface area contributed by atoms with E-state index in [1.807, 2.05) is 38.1 Å². The summed E-state index contributed by atoms with van der Waals surface area (Å²) in [5, 5.41) is 0.653. The van der Waals surface area contributed by atoms with E-state index in [2.05, 4.69) is 26.0 Å². The van der Waals surface area contributed by atoms with Crippen LogP contribution in [0.2, 0.25) is 0 Å². The molecule has 0 saturated carbocycles. The largest absolute Gasteiger partial charge is 0.456 e. The number of fused-ring (bicyclic) bond motifs is 1. The van der Waals surface area contributed by atoms with Gasteiger partial charge in [0.25, 0.3) is 0 Å². The molecule has 0 unspecified atom stereocenters. The molecule has 2 heteroatoms. The Bertz CT molecular complexity index is 884. The minimum atomic E-state index is 0.0102. The van der Waals surface area contributed by atoms with Gasteiger partial charge in [-0.25, -0.2) is 0 Å². The van der Waals surface area contributed by atoms with Crippen LogP contribution in [0.3, 0.4) is 0 Å². The van der Waals surface area contributed by atoms with Gasteiger partial charge in [0.1, 0.15) is 11.3 Å². The summed E-state index contributed by atoms with van der Waals surface area (Å²) >= 11 is 0. The quantitative estimate of drug-likeness (QED) is 0.650. The van der Waals surface area contributed by atoms with Gasteiger partial charge < -0.3 is 4.42 Å². The van der Waals surface area contributed by atoms with Crippen LogP contribution in [0, 0.1) is 13.8 Å². The molecular formula is C20H20O2. The molecule has 0 amide bonds. The summed E-state index contributed by atoms with van der Waals surface area (Å²) in [5.74, 6) is 1.11. The van der Waals surface area contributed by atoms with Gasteiger partial charge in [0.15, 0.2) is 5.43 Å². The summed E-state index contributed by atoms with van der Waals surface area (Å²) in [6.45, 7) is 8.29. The lowest BCUT2D eigenvalue weighted by molar-refractivity contribution is 0.616. The monoisotopic (exact) mass is 292 g/mol. The summed E-state index contributed by atoms with van der Waals surface area (Å²) in [4.78, 5) is 12.4. The first-order valence-electron chi connectivity index (χ1n) is 7.61. The maximum atomic E-state index is 12.4. The van der Waals surface area contributed by atoms with Gasteiger partial charge in [-0.2, -0.15) is 0 Å². The highest BCUT2D eigenvalue weighted by atomic mass is 16.3. The highest BCUT2D eigenvalue weighted by Gasteiger charge is 2.10. The molecule has 0 atom stereocenters. The second kappa shape index (κ2) is 5.45. The Morgan fingerprint density at radius 1 is 0.955 bits per heavy atom.